The fraction of sp³-hybridized carbons (Fsp3) is 0.462. The van der Waals surface area contributed by atoms with Gasteiger partial charge < -0.3 is 4.90 Å². The molecule has 0 atom stereocenters. The van der Waals surface area contributed by atoms with E-state index in [0.29, 0.717) is 0 Å². The predicted octanol–water partition coefficient (Wildman–Crippen LogP) is 3.22. The Morgan fingerprint density at radius 3 is 2.24 bits per heavy atom. The Morgan fingerprint density at radius 1 is 1.00 bits per heavy atom. The zero-order chi connectivity index (χ0) is 12.3. The van der Waals surface area contributed by atoms with Gasteiger partial charge in [-0.2, -0.15) is 5.26 Å². The summed E-state index contributed by atoms with van der Waals surface area (Å²) in [5.74, 6) is -1.93. The monoisotopic (exact) mass is 236 g/mol. The molecule has 0 spiro atoms. The molecule has 0 unspecified atom stereocenters. The molecule has 0 aliphatic carbocycles. The van der Waals surface area contributed by atoms with Crippen LogP contribution in [0.4, 0.5) is 14.5 Å². The minimum absolute atomic E-state index is 0.235. The van der Waals surface area contributed by atoms with Crippen molar-refractivity contribution in [2.24, 2.45) is 0 Å². The van der Waals surface area contributed by atoms with Crippen molar-refractivity contribution >= 4 is 5.69 Å². The van der Waals surface area contributed by atoms with Crippen LogP contribution in [-0.4, -0.2) is 13.1 Å². The van der Waals surface area contributed by atoms with Gasteiger partial charge in [-0.05, 0) is 25.0 Å². The SMILES string of the molecule is N#Cc1ccc(N2CCCCCC2)c(F)c1F. The molecule has 17 heavy (non-hydrogen) atoms. The van der Waals surface area contributed by atoms with Gasteiger partial charge in [0.15, 0.2) is 11.6 Å². The highest BCUT2D eigenvalue weighted by Gasteiger charge is 2.18. The van der Waals surface area contributed by atoms with Crippen LogP contribution in [0, 0.1) is 23.0 Å². The Morgan fingerprint density at radius 2 is 1.65 bits per heavy atom. The van der Waals surface area contributed by atoms with Crippen LogP contribution < -0.4 is 4.90 Å². The summed E-state index contributed by atoms with van der Waals surface area (Å²) < 4.78 is 27.3. The number of benzene rings is 1. The molecule has 2 nitrogen and oxygen atoms in total. The second kappa shape index (κ2) is 5.13. The van der Waals surface area contributed by atoms with Gasteiger partial charge in [-0.25, -0.2) is 8.78 Å². The summed E-state index contributed by atoms with van der Waals surface area (Å²) in [6, 6.07) is 4.49. The van der Waals surface area contributed by atoms with Gasteiger partial charge in [-0.15, -0.1) is 0 Å². The molecule has 1 aromatic carbocycles. The lowest BCUT2D eigenvalue weighted by molar-refractivity contribution is 0.503. The summed E-state index contributed by atoms with van der Waals surface area (Å²) in [5, 5.41) is 8.62. The number of rotatable bonds is 1. The molecule has 2 rings (SSSR count). The van der Waals surface area contributed by atoms with E-state index < -0.39 is 11.6 Å². The van der Waals surface area contributed by atoms with Crippen molar-refractivity contribution < 1.29 is 8.78 Å². The standard InChI is InChI=1S/C13H14F2N2/c14-12-10(9-16)5-6-11(13(12)15)17-7-3-1-2-4-8-17/h5-6H,1-4,7-8H2. The summed E-state index contributed by atoms with van der Waals surface area (Å²) in [4.78, 5) is 1.87. The average Bonchev–Trinajstić information content (AvgIpc) is 2.61. The Hall–Kier alpha value is -1.63. The van der Waals surface area contributed by atoms with Crippen LogP contribution >= 0.6 is 0 Å². The molecule has 1 aliphatic rings. The number of nitriles is 1. The van der Waals surface area contributed by atoms with Gasteiger partial charge in [0.25, 0.3) is 0 Å². The van der Waals surface area contributed by atoms with Crippen molar-refractivity contribution in [3.63, 3.8) is 0 Å². The van der Waals surface area contributed by atoms with Gasteiger partial charge >= 0.3 is 0 Å². The van der Waals surface area contributed by atoms with E-state index in [-0.39, 0.29) is 11.3 Å². The largest absolute Gasteiger partial charge is 0.369 e. The maximum Gasteiger partial charge on any atom is 0.183 e. The topological polar surface area (TPSA) is 27.0 Å². The molecule has 1 fully saturated rings. The molecular formula is C13H14F2N2. The number of anilines is 1. The van der Waals surface area contributed by atoms with Crippen molar-refractivity contribution in [2.45, 2.75) is 25.7 Å². The molecular weight excluding hydrogens is 222 g/mol. The van der Waals surface area contributed by atoms with E-state index in [9.17, 15) is 8.78 Å². The molecule has 0 N–H and O–H groups in total. The van der Waals surface area contributed by atoms with E-state index in [2.05, 4.69) is 0 Å². The van der Waals surface area contributed by atoms with Crippen LogP contribution in [0.5, 0.6) is 0 Å². The van der Waals surface area contributed by atoms with Gasteiger partial charge in [0.1, 0.15) is 6.07 Å². The molecule has 90 valence electrons. The lowest BCUT2D eigenvalue weighted by Crippen LogP contribution is -2.25. The van der Waals surface area contributed by atoms with E-state index in [1.54, 1.807) is 6.07 Å². The highest BCUT2D eigenvalue weighted by molar-refractivity contribution is 5.52. The Balaban J connectivity index is 2.32. The summed E-state index contributed by atoms with van der Waals surface area (Å²) in [6.07, 6.45) is 4.27. The minimum Gasteiger partial charge on any atom is -0.369 e. The highest BCUT2D eigenvalue weighted by Crippen LogP contribution is 2.26. The van der Waals surface area contributed by atoms with E-state index >= 15 is 0 Å². The molecule has 4 heteroatoms. The Labute approximate surface area is 99.5 Å². The number of hydrogen-bond donors (Lipinski definition) is 0. The van der Waals surface area contributed by atoms with E-state index in [4.69, 9.17) is 5.26 Å². The van der Waals surface area contributed by atoms with E-state index in [1.165, 1.54) is 12.1 Å². The average molecular weight is 236 g/mol. The van der Waals surface area contributed by atoms with Gasteiger partial charge in [0.2, 0.25) is 0 Å². The van der Waals surface area contributed by atoms with Gasteiger partial charge in [0.05, 0.1) is 11.3 Å². The number of hydrogen-bond acceptors (Lipinski definition) is 2. The third kappa shape index (κ3) is 2.38. The van der Waals surface area contributed by atoms with Crippen LogP contribution in [-0.2, 0) is 0 Å². The Bertz CT molecular complexity index is 443. The lowest BCUT2D eigenvalue weighted by atomic mass is 10.1. The zero-order valence-corrected chi connectivity index (χ0v) is 9.55. The maximum absolute atomic E-state index is 13.8. The fourth-order valence-electron chi connectivity index (χ4n) is 2.18. The van der Waals surface area contributed by atoms with Gasteiger partial charge in [0, 0.05) is 13.1 Å². The summed E-state index contributed by atoms with van der Waals surface area (Å²) in [6.45, 7) is 1.50. The Kier molecular flexibility index (Phi) is 3.58. The second-order valence-electron chi connectivity index (χ2n) is 4.27. The van der Waals surface area contributed by atoms with Crippen molar-refractivity contribution in [1.82, 2.24) is 0 Å². The molecule has 0 radical (unpaired) electrons. The van der Waals surface area contributed by atoms with Crippen molar-refractivity contribution in [3.8, 4) is 6.07 Å². The molecule has 0 aromatic heterocycles. The number of halogens is 2. The van der Waals surface area contributed by atoms with Crippen molar-refractivity contribution in [1.29, 1.82) is 5.26 Å². The van der Waals surface area contributed by atoms with Crippen LogP contribution in [0.25, 0.3) is 0 Å². The molecule has 1 saturated heterocycles. The predicted molar refractivity (Wildman–Crippen MR) is 61.8 cm³/mol. The minimum atomic E-state index is -1.03. The quantitative estimate of drug-likeness (QED) is 0.748. The third-order valence-corrected chi connectivity index (χ3v) is 3.13. The lowest BCUT2D eigenvalue weighted by Gasteiger charge is -2.23. The van der Waals surface area contributed by atoms with Crippen molar-refractivity contribution in [3.05, 3.63) is 29.3 Å². The molecule has 1 aliphatic heterocycles. The highest BCUT2D eigenvalue weighted by atomic mass is 19.2. The van der Waals surface area contributed by atoms with E-state index in [0.717, 1.165) is 38.8 Å². The van der Waals surface area contributed by atoms with Crippen molar-refractivity contribution in [2.75, 3.05) is 18.0 Å². The van der Waals surface area contributed by atoms with Crippen LogP contribution in [0.1, 0.15) is 31.2 Å². The first-order valence-electron chi connectivity index (χ1n) is 5.87. The first kappa shape index (κ1) is 11.8. The van der Waals surface area contributed by atoms with Crippen LogP contribution in [0.15, 0.2) is 12.1 Å². The summed E-state index contributed by atoms with van der Waals surface area (Å²) in [7, 11) is 0. The van der Waals surface area contributed by atoms with Gasteiger partial charge in [-0.3, -0.25) is 0 Å². The normalized spacial score (nSPS) is 16.4. The molecule has 1 heterocycles. The summed E-state index contributed by atoms with van der Waals surface area (Å²) >= 11 is 0. The second-order valence-corrected chi connectivity index (χ2v) is 4.27. The first-order chi connectivity index (χ1) is 8.24. The molecule has 1 aromatic rings. The van der Waals surface area contributed by atoms with Crippen LogP contribution in [0.2, 0.25) is 0 Å². The molecule has 0 bridgehead atoms. The maximum atomic E-state index is 13.8. The fourth-order valence-corrected chi connectivity index (χ4v) is 2.18. The third-order valence-electron chi connectivity index (χ3n) is 3.13. The molecule has 0 saturated carbocycles. The first-order valence-corrected chi connectivity index (χ1v) is 5.87. The number of nitrogens with zero attached hydrogens (tertiary/aromatic N) is 2. The van der Waals surface area contributed by atoms with Crippen LogP contribution in [0.3, 0.4) is 0 Å². The van der Waals surface area contributed by atoms with E-state index in [1.807, 2.05) is 4.90 Å². The molecule has 0 amide bonds. The zero-order valence-electron chi connectivity index (χ0n) is 9.55. The summed E-state index contributed by atoms with van der Waals surface area (Å²) in [5.41, 5.74) is 0.0458. The van der Waals surface area contributed by atoms with Gasteiger partial charge in [-0.1, -0.05) is 12.8 Å². The smallest absolute Gasteiger partial charge is 0.183 e.